The van der Waals surface area contributed by atoms with E-state index in [-0.39, 0.29) is 5.91 Å². The van der Waals surface area contributed by atoms with Gasteiger partial charge in [-0.15, -0.1) is 0 Å². The summed E-state index contributed by atoms with van der Waals surface area (Å²) < 4.78 is 5.46. The number of rotatable bonds is 3. The van der Waals surface area contributed by atoms with Crippen molar-refractivity contribution in [2.75, 3.05) is 50.0 Å². The van der Waals surface area contributed by atoms with Crippen molar-refractivity contribution in [2.45, 2.75) is 12.8 Å². The van der Waals surface area contributed by atoms with E-state index in [9.17, 15) is 4.79 Å². The fourth-order valence-electron chi connectivity index (χ4n) is 4.42. The number of nitrogens with zero attached hydrogens (tertiary/aromatic N) is 3. The molecular formula is C24H26N4O2. The monoisotopic (exact) mass is 402 g/mol. The lowest BCUT2D eigenvalue weighted by atomic mass is 9.97. The standard InChI is InChI=1S/C24H26N4O2/c25-23-22(27-11-13-30-14-12-27)16-18-15-17(7-8-21(18)26-23)19-5-1-2-6-20(19)24(29)28-9-3-4-10-28/h1-2,5-8,15-16H,3-4,9-14H2,(H2,25,26). The number of hydrogen-bond donors (Lipinski definition) is 1. The van der Waals surface area contributed by atoms with Crippen molar-refractivity contribution in [2.24, 2.45) is 0 Å². The molecule has 1 amide bonds. The Balaban J connectivity index is 1.55. The lowest BCUT2D eigenvalue weighted by Crippen LogP contribution is -2.36. The van der Waals surface area contributed by atoms with Gasteiger partial charge in [-0.05, 0) is 48.2 Å². The zero-order chi connectivity index (χ0) is 20.5. The molecule has 5 rings (SSSR count). The maximum absolute atomic E-state index is 13.1. The molecule has 0 saturated carbocycles. The van der Waals surface area contributed by atoms with Crippen LogP contribution in [0.25, 0.3) is 22.0 Å². The molecule has 0 aliphatic carbocycles. The fraction of sp³-hybridized carbons (Fsp3) is 0.333. The van der Waals surface area contributed by atoms with Crippen LogP contribution >= 0.6 is 0 Å². The summed E-state index contributed by atoms with van der Waals surface area (Å²) in [5.74, 6) is 0.661. The van der Waals surface area contributed by atoms with Gasteiger partial charge in [0.2, 0.25) is 0 Å². The normalized spacial score (nSPS) is 16.9. The number of aromatic nitrogens is 1. The van der Waals surface area contributed by atoms with E-state index in [1.54, 1.807) is 0 Å². The van der Waals surface area contributed by atoms with Crippen LogP contribution in [-0.4, -0.2) is 55.2 Å². The highest BCUT2D eigenvalue weighted by Crippen LogP contribution is 2.32. The lowest BCUT2D eigenvalue weighted by molar-refractivity contribution is 0.0793. The first kappa shape index (κ1) is 18.9. The van der Waals surface area contributed by atoms with Gasteiger partial charge >= 0.3 is 0 Å². The van der Waals surface area contributed by atoms with Crippen molar-refractivity contribution in [3.05, 3.63) is 54.1 Å². The van der Waals surface area contributed by atoms with Gasteiger partial charge in [0.1, 0.15) is 5.82 Å². The van der Waals surface area contributed by atoms with Gasteiger partial charge in [-0.3, -0.25) is 4.79 Å². The highest BCUT2D eigenvalue weighted by molar-refractivity contribution is 6.02. The van der Waals surface area contributed by atoms with Crippen molar-refractivity contribution in [1.82, 2.24) is 9.88 Å². The number of nitrogen functional groups attached to an aromatic ring is 1. The van der Waals surface area contributed by atoms with Gasteiger partial charge in [0.05, 0.1) is 24.4 Å². The third kappa shape index (κ3) is 3.48. The quantitative estimate of drug-likeness (QED) is 0.725. The van der Waals surface area contributed by atoms with Crippen LogP contribution < -0.4 is 10.6 Å². The fourth-order valence-corrected chi connectivity index (χ4v) is 4.42. The van der Waals surface area contributed by atoms with E-state index in [1.807, 2.05) is 41.3 Å². The molecule has 0 atom stereocenters. The molecular weight excluding hydrogens is 376 g/mol. The van der Waals surface area contributed by atoms with Gasteiger partial charge in [0.25, 0.3) is 5.91 Å². The second kappa shape index (κ2) is 7.95. The molecule has 2 aliphatic rings. The summed E-state index contributed by atoms with van der Waals surface area (Å²) >= 11 is 0. The Labute approximate surface area is 176 Å². The van der Waals surface area contributed by atoms with E-state index in [2.05, 4.69) is 22.0 Å². The first-order valence-electron chi connectivity index (χ1n) is 10.6. The average Bonchev–Trinajstić information content (AvgIpc) is 3.33. The minimum atomic E-state index is 0.118. The predicted octanol–water partition coefficient (Wildman–Crippen LogP) is 3.56. The number of morpholine rings is 1. The predicted molar refractivity (Wildman–Crippen MR) is 120 cm³/mol. The first-order chi connectivity index (χ1) is 14.7. The number of hydrogen-bond acceptors (Lipinski definition) is 5. The van der Waals surface area contributed by atoms with Crippen LogP contribution in [0.5, 0.6) is 0 Å². The number of fused-ring (bicyclic) bond motifs is 1. The Bertz CT molecular complexity index is 1090. The molecule has 2 fully saturated rings. The second-order valence-corrected chi connectivity index (χ2v) is 7.94. The van der Waals surface area contributed by atoms with Crippen LogP contribution in [0.2, 0.25) is 0 Å². The van der Waals surface area contributed by atoms with Gasteiger partial charge in [0.15, 0.2) is 0 Å². The average molecular weight is 402 g/mol. The van der Waals surface area contributed by atoms with Crippen molar-refractivity contribution in [1.29, 1.82) is 0 Å². The summed E-state index contributed by atoms with van der Waals surface area (Å²) in [5.41, 5.74) is 10.8. The number of carbonyl (C=O) groups excluding carboxylic acids is 1. The van der Waals surface area contributed by atoms with E-state index in [0.717, 1.165) is 72.3 Å². The van der Waals surface area contributed by atoms with Crippen LogP contribution in [0.15, 0.2) is 48.5 Å². The molecule has 0 unspecified atom stereocenters. The molecule has 6 heteroatoms. The Morgan fingerprint density at radius 1 is 0.967 bits per heavy atom. The largest absolute Gasteiger partial charge is 0.382 e. The molecule has 2 aliphatic heterocycles. The van der Waals surface area contributed by atoms with Crippen LogP contribution in [0.4, 0.5) is 11.5 Å². The molecule has 0 bridgehead atoms. The third-order valence-corrected chi connectivity index (χ3v) is 6.04. The van der Waals surface area contributed by atoms with Gasteiger partial charge in [-0.1, -0.05) is 24.3 Å². The number of pyridine rings is 1. The highest BCUT2D eigenvalue weighted by atomic mass is 16.5. The third-order valence-electron chi connectivity index (χ3n) is 6.04. The van der Waals surface area contributed by atoms with Crippen molar-refractivity contribution in [3.8, 4) is 11.1 Å². The maximum atomic E-state index is 13.1. The van der Waals surface area contributed by atoms with Crippen LogP contribution in [0.1, 0.15) is 23.2 Å². The summed E-state index contributed by atoms with van der Waals surface area (Å²) in [6.07, 6.45) is 2.17. The van der Waals surface area contributed by atoms with E-state index >= 15 is 0 Å². The number of nitrogens with two attached hydrogens (primary N) is 1. The molecule has 3 heterocycles. The van der Waals surface area contributed by atoms with E-state index in [0.29, 0.717) is 19.0 Å². The van der Waals surface area contributed by atoms with Crippen molar-refractivity contribution in [3.63, 3.8) is 0 Å². The molecule has 6 nitrogen and oxygen atoms in total. The summed E-state index contributed by atoms with van der Waals surface area (Å²) in [4.78, 5) is 21.9. The summed E-state index contributed by atoms with van der Waals surface area (Å²) in [6.45, 7) is 4.70. The molecule has 154 valence electrons. The summed E-state index contributed by atoms with van der Waals surface area (Å²) in [5, 5.41) is 1.02. The number of benzene rings is 2. The molecule has 30 heavy (non-hydrogen) atoms. The molecule has 0 spiro atoms. The summed E-state index contributed by atoms with van der Waals surface area (Å²) in [7, 11) is 0. The van der Waals surface area contributed by atoms with Gasteiger partial charge in [-0.25, -0.2) is 4.98 Å². The zero-order valence-electron chi connectivity index (χ0n) is 17.0. The minimum Gasteiger partial charge on any atom is -0.382 e. The van der Waals surface area contributed by atoms with Crippen molar-refractivity contribution >= 4 is 28.3 Å². The smallest absolute Gasteiger partial charge is 0.254 e. The maximum Gasteiger partial charge on any atom is 0.254 e. The first-order valence-corrected chi connectivity index (χ1v) is 10.6. The highest BCUT2D eigenvalue weighted by Gasteiger charge is 2.22. The SMILES string of the molecule is Nc1nc2ccc(-c3ccccc3C(=O)N3CCCC3)cc2cc1N1CCOCC1. The van der Waals surface area contributed by atoms with Crippen LogP contribution in [0, 0.1) is 0 Å². The summed E-state index contributed by atoms with van der Waals surface area (Å²) in [6, 6.07) is 16.1. The second-order valence-electron chi connectivity index (χ2n) is 7.94. The van der Waals surface area contributed by atoms with E-state index in [1.165, 1.54) is 0 Å². The zero-order valence-corrected chi connectivity index (χ0v) is 17.0. The lowest BCUT2D eigenvalue weighted by Gasteiger charge is -2.29. The topological polar surface area (TPSA) is 71.7 Å². The molecule has 3 aromatic rings. The Morgan fingerprint density at radius 3 is 2.53 bits per heavy atom. The number of anilines is 2. The molecule has 2 aromatic carbocycles. The molecule has 2 saturated heterocycles. The van der Waals surface area contributed by atoms with Crippen LogP contribution in [0.3, 0.4) is 0 Å². The Kier molecular flexibility index (Phi) is 5.01. The minimum absolute atomic E-state index is 0.118. The van der Waals surface area contributed by atoms with Gasteiger partial charge in [-0.2, -0.15) is 0 Å². The van der Waals surface area contributed by atoms with E-state index in [4.69, 9.17) is 10.5 Å². The Hall–Kier alpha value is -3.12. The van der Waals surface area contributed by atoms with E-state index < -0.39 is 0 Å². The number of likely N-dealkylation sites (tertiary alicyclic amines) is 1. The van der Waals surface area contributed by atoms with Crippen LogP contribution in [-0.2, 0) is 4.74 Å². The number of carbonyl (C=O) groups is 1. The number of ether oxygens (including phenoxy) is 1. The Morgan fingerprint density at radius 2 is 1.73 bits per heavy atom. The molecule has 2 N–H and O–H groups in total. The molecule has 0 radical (unpaired) electrons. The van der Waals surface area contributed by atoms with Crippen molar-refractivity contribution < 1.29 is 9.53 Å². The van der Waals surface area contributed by atoms with Gasteiger partial charge < -0.3 is 20.3 Å². The molecule has 1 aromatic heterocycles. The van der Waals surface area contributed by atoms with Gasteiger partial charge in [0, 0.05) is 37.1 Å². The number of amides is 1.